The van der Waals surface area contributed by atoms with E-state index in [-0.39, 0.29) is 0 Å². The van der Waals surface area contributed by atoms with Crippen molar-refractivity contribution in [3.05, 3.63) is 0 Å². The molecule has 96 valence electrons. The van der Waals surface area contributed by atoms with Gasteiger partial charge < -0.3 is 11.1 Å². The molecule has 0 aromatic rings. The summed E-state index contributed by atoms with van der Waals surface area (Å²) in [6.45, 7) is 5.83. The van der Waals surface area contributed by atoms with Gasteiger partial charge in [0, 0.05) is 19.6 Å². The average molecular weight is 250 g/mol. The van der Waals surface area contributed by atoms with Crippen molar-refractivity contribution in [1.29, 1.82) is 0 Å². The topological polar surface area (TPSA) is 96.6 Å². The highest BCUT2D eigenvalue weighted by atomic mass is 32.2. The first-order valence-corrected chi connectivity index (χ1v) is 7.19. The Bertz CT molecular complexity index is 311. The van der Waals surface area contributed by atoms with Gasteiger partial charge in [0.05, 0.1) is 6.26 Å². The van der Waals surface area contributed by atoms with Gasteiger partial charge in [-0.1, -0.05) is 13.8 Å². The fourth-order valence-electron chi connectivity index (χ4n) is 0.899. The number of rotatable bonds is 7. The van der Waals surface area contributed by atoms with Crippen LogP contribution in [-0.4, -0.2) is 40.3 Å². The van der Waals surface area contributed by atoms with Gasteiger partial charge in [-0.25, -0.2) is 13.1 Å². The second-order valence-electron chi connectivity index (χ2n) is 4.07. The molecule has 0 atom stereocenters. The van der Waals surface area contributed by atoms with Gasteiger partial charge >= 0.3 is 0 Å². The van der Waals surface area contributed by atoms with E-state index in [2.05, 4.69) is 28.9 Å². The van der Waals surface area contributed by atoms with Gasteiger partial charge in [-0.3, -0.25) is 4.99 Å². The molecule has 0 aliphatic heterocycles. The van der Waals surface area contributed by atoms with Crippen LogP contribution < -0.4 is 15.8 Å². The van der Waals surface area contributed by atoms with Crippen LogP contribution >= 0.6 is 0 Å². The first-order chi connectivity index (χ1) is 7.31. The van der Waals surface area contributed by atoms with Gasteiger partial charge in [-0.2, -0.15) is 0 Å². The summed E-state index contributed by atoms with van der Waals surface area (Å²) in [5, 5.41) is 2.92. The predicted octanol–water partition coefficient (Wildman–Crippen LogP) is -0.514. The molecule has 0 aliphatic carbocycles. The molecule has 16 heavy (non-hydrogen) atoms. The Morgan fingerprint density at radius 2 is 2.00 bits per heavy atom. The molecule has 0 unspecified atom stereocenters. The molecule has 7 heteroatoms. The fraction of sp³-hybridized carbons (Fsp3) is 0.889. The first-order valence-electron chi connectivity index (χ1n) is 5.29. The molecule has 0 saturated carbocycles. The van der Waals surface area contributed by atoms with Crippen LogP contribution in [0.5, 0.6) is 0 Å². The molecule has 4 N–H and O–H groups in total. The summed E-state index contributed by atoms with van der Waals surface area (Å²) < 4.78 is 23.8. The summed E-state index contributed by atoms with van der Waals surface area (Å²) in [6, 6.07) is 0. The van der Waals surface area contributed by atoms with Crippen LogP contribution in [0.15, 0.2) is 4.99 Å². The summed E-state index contributed by atoms with van der Waals surface area (Å²) >= 11 is 0. The first kappa shape index (κ1) is 15.2. The molecule has 0 saturated heterocycles. The maximum Gasteiger partial charge on any atom is 0.208 e. The molecule has 0 spiro atoms. The number of sulfonamides is 1. The van der Waals surface area contributed by atoms with E-state index in [1.54, 1.807) is 0 Å². The fourth-order valence-corrected chi connectivity index (χ4v) is 1.41. The van der Waals surface area contributed by atoms with E-state index in [1.165, 1.54) is 0 Å². The minimum absolute atomic E-state index is 0.406. The monoisotopic (exact) mass is 250 g/mol. The summed E-state index contributed by atoms with van der Waals surface area (Å²) in [5.74, 6) is 0.889. The summed E-state index contributed by atoms with van der Waals surface area (Å²) in [5.41, 5.74) is 5.59. The number of guanidine groups is 1. The second-order valence-corrected chi connectivity index (χ2v) is 5.90. The zero-order valence-corrected chi connectivity index (χ0v) is 11.0. The van der Waals surface area contributed by atoms with Gasteiger partial charge in [0.1, 0.15) is 0 Å². The molecule has 0 heterocycles. The van der Waals surface area contributed by atoms with Crippen molar-refractivity contribution in [2.45, 2.75) is 20.3 Å². The molecule has 0 aliphatic rings. The minimum atomic E-state index is -3.09. The van der Waals surface area contributed by atoms with Crippen LogP contribution in [0.2, 0.25) is 0 Å². The molecule has 6 nitrogen and oxygen atoms in total. The minimum Gasteiger partial charge on any atom is -0.370 e. The second kappa shape index (κ2) is 7.45. The van der Waals surface area contributed by atoms with E-state index in [0.29, 0.717) is 37.9 Å². The van der Waals surface area contributed by atoms with Crippen molar-refractivity contribution in [3.63, 3.8) is 0 Å². The number of nitrogens with one attached hydrogen (secondary N) is 2. The van der Waals surface area contributed by atoms with Crippen LogP contribution in [0, 0.1) is 5.92 Å². The average Bonchev–Trinajstić information content (AvgIpc) is 2.12. The number of nitrogens with zero attached hydrogens (tertiary/aromatic N) is 1. The molecular weight excluding hydrogens is 228 g/mol. The Balaban J connectivity index is 3.55. The number of nitrogens with two attached hydrogens (primary N) is 1. The van der Waals surface area contributed by atoms with Crippen LogP contribution in [0.25, 0.3) is 0 Å². The van der Waals surface area contributed by atoms with Gasteiger partial charge in [-0.15, -0.1) is 0 Å². The Labute approximate surface area is 97.8 Å². The van der Waals surface area contributed by atoms with E-state index in [9.17, 15) is 8.42 Å². The molecule has 0 rings (SSSR count). The standard InChI is InChI=1S/C9H22N4O2S/c1-8(2)7-12-9(10)11-5-4-6-13-16(3,14)15/h8,13H,4-7H2,1-3H3,(H3,10,11,12). The number of aliphatic imine (C=N–C) groups is 1. The zero-order chi connectivity index (χ0) is 12.6. The molecule has 0 amide bonds. The lowest BCUT2D eigenvalue weighted by atomic mass is 10.2. The largest absolute Gasteiger partial charge is 0.370 e. The maximum atomic E-state index is 10.7. The van der Waals surface area contributed by atoms with Crippen molar-refractivity contribution in [3.8, 4) is 0 Å². The van der Waals surface area contributed by atoms with Crippen LogP contribution in [0.3, 0.4) is 0 Å². The normalized spacial score (nSPS) is 13.1. The van der Waals surface area contributed by atoms with Crippen molar-refractivity contribution < 1.29 is 8.42 Å². The number of hydrogen-bond donors (Lipinski definition) is 3. The lowest BCUT2D eigenvalue weighted by Crippen LogP contribution is -2.34. The Hall–Kier alpha value is -0.820. The van der Waals surface area contributed by atoms with Crippen LogP contribution in [0.1, 0.15) is 20.3 Å². The molecular formula is C9H22N4O2S. The quantitative estimate of drug-likeness (QED) is 0.322. The highest BCUT2D eigenvalue weighted by Crippen LogP contribution is 1.90. The van der Waals surface area contributed by atoms with Gasteiger partial charge in [0.15, 0.2) is 5.96 Å². The molecule has 0 bridgehead atoms. The lowest BCUT2D eigenvalue weighted by molar-refractivity contribution is 0.584. The summed E-state index contributed by atoms with van der Waals surface area (Å²) in [7, 11) is -3.09. The van der Waals surface area contributed by atoms with Gasteiger partial charge in [-0.05, 0) is 12.3 Å². The van der Waals surface area contributed by atoms with E-state index >= 15 is 0 Å². The molecule has 0 radical (unpaired) electrons. The summed E-state index contributed by atoms with van der Waals surface area (Å²) in [4.78, 5) is 4.11. The van der Waals surface area contributed by atoms with Crippen LogP contribution in [-0.2, 0) is 10.0 Å². The Morgan fingerprint density at radius 3 is 2.50 bits per heavy atom. The Kier molecular flexibility index (Phi) is 7.07. The van der Waals surface area contributed by atoms with Crippen LogP contribution in [0.4, 0.5) is 0 Å². The predicted molar refractivity (Wildman–Crippen MR) is 66.8 cm³/mol. The van der Waals surface area contributed by atoms with E-state index in [1.807, 2.05) is 0 Å². The third-order valence-corrected chi connectivity index (χ3v) is 2.38. The van der Waals surface area contributed by atoms with Crippen molar-refractivity contribution in [2.24, 2.45) is 16.6 Å². The lowest BCUT2D eigenvalue weighted by Gasteiger charge is -2.06. The highest BCUT2D eigenvalue weighted by molar-refractivity contribution is 7.88. The highest BCUT2D eigenvalue weighted by Gasteiger charge is 1.98. The third-order valence-electron chi connectivity index (χ3n) is 1.65. The van der Waals surface area contributed by atoms with Crippen molar-refractivity contribution in [2.75, 3.05) is 25.9 Å². The SMILES string of the molecule is CC(C)CN=C(N)NCCCNS(C)(=O)=O. The van der Waals surface area contributed by atoms with E-state index in [4.69, 9.17) is 5.73 Å². The number of hydrogen-bond acceptors (Lipinski definition) is 3. The van der Waals surface area contributed by atoms with Crippen molar-refractivity contribution in [1.82, 2.24) is 10.0 Å². The van der Waals surface area contributed by atoms with E-state index < -0.39 is 10.0 Å². The smallest absolute Gasteiger partial charge is 0.208 e. The molecule has 0 aromatic carbocycles. The Morgan fingerprint density at radius 1 is 1.38 bits per heavy atom. The van der Waals surface area contributed by atoms with E-state index in [0.717, 1.165) is 6.26 Å². The maximum absolute atomic E-state index is 10.7. The zero-order valence-electron chi connectivity index (χ0n) is 10.2. The van der Waals surface area contributed by atoms with Crippen molar-refractivity contribution >= 4 is 16.0 Å². The van der Waals surface area contributed by atoms with Gasteiger partial charge in [0.25, 0.3) is 0 Å². The molecule has 0 aromatic heterocycles. The third kappa shape index (κ3) is 11.3. The molecule has 0 fully saturated rings. The van der Waals surface area contributed by atoms with Gasteiger partial charge in [0.2, 0.25) is 10.0 Å². The summed E-state index contributed by atoms with van der Waals surface area (Å²) in [6.07, 6.45) is 1.81.